The Morgan fingerprint density at radius 2 is 1.82 bits per heavy atom. The second-order valence-electron chi connectivity index (χ2n) is 10.5. The van der Waals surface area contributed by atoms with Crippen LogP contribution < -0.4 is 14.2 Å². The van der Waals surface area contributed by atoms with Crippen LogP contribution in [0.1, 0.15) is 37.8 Å². The predicted octanol–water partition coefficient (Wildman–Crippen LogP) is 6.24. The maximum absolute atomic E-state index is 14.0. The summed E-state index contributed by atoms with van der Waals surface area (Å²) in [6.07, 6.45) is 5.52. The Labute approximate surface area is 255 Å². The van der Waals surface area contributed by atoms with Gasteiger partial charge in [0.15, 0.2) is 11.5 Å². The van der Waals surface area contributed by atoms with E-state index in [4.69, 9.17) is 19.3 Å². The van der Waals surface area contributed by atoms with Crippen molar-refractivity contribution in [1.82, 2.24) is 14.7 Å². The van der Waals surface area contributed by atoms with Crippen molar-refractivity contribution in [1.29, 1.82) is 5.26 Å². The molecule has 2 amide bonds. The number of carbonyl (C=O) groups is 2. The molecule has 0 fully saturated rings. The van der Waals surface area contributed by atoms with Gasteiger partial charge in [0, 0.05) is 22.9 Å². The van der Waals surface area contributed by atoms with Crippen molar-refractivity contribution in [2.24, 2.45) is 0 Å². The Hall–Kier alpha value is -5.62. The molecule has 0 spiro atoms. The number of amides is 2. The summed E-state index contributed by atoms with van der Waals surface area (Å²) in [4.78, 5) is 28.4. The van der Waals surface area contributed by atoms with E-state index in [0.717, 1.165) is 34.7 Å². The number of aromatic nitrogens is 2. The van der Waals surface area contributed by atoms with Crippen molar-refractivity contribution in [3.8, 4) is 40.3 Å². The zero-order chi connectivity index (χ0) is 30.6. The van der Waals surface area contributed by atoms with E-state index in [1.165, 1.54) is 0 Å². The average Bonchev–Trinajstić information content (AvgIpc) is 3.69. The molecule has 9 heteroatoms. The minimum Gasteiger partial charge on any atom is -0.494 e. The number of hydrogen-bond acceptors (Lipinski definition) is 7. The third-order valence-electron chi connectivity index (χ3n) is 7.54. The lowest BCUT2D eigenvalue weighted by molar-refractivity contribution is -0.141. The summed E-state index contributed by atoms with van der Waals surface area (Å²) in [6, 6.07) is 24.6. The molecule has 0 N–H and O–H groups in total. The van der Waals surface area contributed by atoms with Crippen molar-refractivity contribution >= 4 is 17.9 Å². The Balaban J connectivity index is 1.43. The van der Waals surface area contributed by atoms with Gasteiger partial charge in [-0.3, -0.25) is 14.5 Å². The van der Waals surface area contributed by atoms with Gasteiger partial charge in [0.25, 0.3) is 11.8 Å². The largest absolute Gasteiger partial charge is 0.494 e. The first-order valence-electron chi connectivity index (χ1n) is 14.4. The van der Waals surface area contributed by atoms with Gasteiger partial charge in [-0.15, -0.1) is 0 Å². The Morgan fingerprint density at radius 3 is 2.61 bits per heavy atom. The molecule has 1 aromatic heterocycles. The zero-order valence-electron chi connectivity index (χ0n) is 24.4. The van der Waals surface area contributed by atoms with Crippen LogP contribution >= 0.6 is 0 Å². The van der Waals surface area contributed by atoms with Crippen LogP contribution in [0.2, 0.25) is 0 Å². The van der Waals surface area contributed by atoms with E-state index in [0.29, 0.717) is 40.5 Å². The Kier molecular flexibility index (Phi) is 7.98. The molecule has 0 atom stereocenters. The number of para-hydroxylation sites is 1. The minimum absolute atomic E-state index is 0.0304. The van der Waals surface area contributed by atoms with Crippen molar-refractivity contribution in [3.05, 3.63) is 107 Å². The van der Waals surface area contributed by atoms with E-state index in [-0.39, 0.29) is 24.5 Å². The average molecular weight is 587 g/mol. The van der Waals surface area contributed by atoms with Gasteiger partial charge in [0.05, 0.1) is 18.8 Å². The molecule has 0 bridgehead atoms. The number of carbonyl (C=O) groups excluding carboxylic acids is 2. The van der Waals surface area contributed by atoms with Crippen molar-refractivity contribution in [3.63, 3.8) is 0 Å². The first-order chi connectivity index (χ1) is 21.5. The fourth-order valence-electron chi connectivity index (χ4n) is 5.15. The number of fused-ring (bicyclic) bond motifs is 1. The molecule has 220 valence electrons. The monoisotopic (exact) mass is 586 g/mol. The van der Waals surface area contributed by atoms with Crippen LogP contribution in [-0.2, 0) is 16.1 Å². The zero-order valence-corrected chi connectivity index (χ0v) is 24.4. The smallest absolute Gasteiger partial charge is 0.271 e. The van der Waals surface area contributed by atoms with Gasteiger partial charge < -0.3 is 14.2 Å². The number of nitriles is 1. The van der Waals surface area contributed by atoms with Gasteiger partial charge in [-0.05, 0) is 67.0 Å². The number of imide groups is 1. The molecule has 9 nitrogen and oxygen atoms in total. The molecular weight excluding hydrogens is 556 g/mol. The van der Waals surface area contributed by atoms with Crippen LogP contribution in [0, 0.1) is 11.3 Å². The van der Waals surface area contributed by atoms with Crippen LogP contribution in [0.3, 0.4) is 0 Å². The number of unbranched alkanes of at least 4 members (excludes halogenated alkanes) is 1. The molecule has 6 rings (SSSR count). The third-order valence-corrected chi connectivity index (χ3v) is 7.54. The molecule has 0 aliphatic carbocycles. The van der Waals surface area contributed by atoms with Gasteiger partial charge >= 0.3 is 0 Å². The first kappa shape index (κ1) is 28.5. The number of nitrogens with zero attached hydrogens (tertiary/aromatic N) is 4. The van der Waals surface area contributed by atoms with E-state index in [1.807, 2.05) is 66.9 Å². The van der Waals surface area contributed by atoms with Crippen LogP contribution in [0.4, 0.5) is 0 Å². The fourth-order valence-corrected chi connectivity index (χ4v) is 5.15. The lowest BCUT2D eigenvalue weighted by Gasteiger charge is -2.27. The molecule has 0 saturated heterocycles. The molecule has 2 aliphatic rings. The van der Waals surface area contributed by atoms with Gasteiger partial charge in [0.1, 0.15) is 23.1 Å². The normalized spacial score (nSPS) is 15.2. The number of benzene rings is 3. The number of rotatable bonds is 9. The SMILES string of the molecule is CCCCOc1cccc(-c2nn(-c3ccccc3)cc2/C=C2/C(=O)N(Cc3ccc4c(c3)OCO4)C(=O)C(C#N)=C2C)c1. The topological polar surface area (TPSA) is 107 Å². The number of ether oxygens (including phenoxy) is 3. The molecular formula is C35H30N4O5. The molecule has 0 unspecified atom stereocenters. The first-order valence-corrected chi connectivity index (χ1v) is 14.4. The van der Waals surface area contributed by atoms with Crippen molar-refractivity contribution in [2.45, 2.75) is 33.2 Å². The van der Waals surface area contributed by atoms with Crippen molar-refractivity contribution < 1.29 is 23.8 Å². The summed E-state index contributed by atoms with van der Waals surface area (Å²) >= 11 is 0. The van der Waals surface area contributed by atoms with Gasteiger partial charge in [-0.25, -0.2) is 4.68 Å². The molecule has 0 radical (unpaired) electrons. The highest BCUT2D eigenvalue weighted by Gasteiger charge is 2.36. The second kappa shape index (κ2) is 12.3. The molecule has 0 saturated carbocycles. The predicted molar refractivity (Wildman–Crippen MR) is 164 cm³/mol. The van der Waals surface area contributed by atoms with E-state index in [9.17, 15) is 14.9 Å². The molecule has 44 heavy (non-hydrogen) atoms. The van der Waals surface area contributed by atoms with Gasteiger partial charge in [0.2, 0.25) is 6.79 Å². The summed E-state index contributed by atoms with van der Waals surface area (Å²) in [6.45, 7) is 4.43. The highest BCUT2D eigenvalue weighted by Crippen LogP contribution is 2.35. The van der Waals surface area contributed by atoms with E-state index >= 15 is 0 Å². The van der Waals surface area contributed by atoms with E-state index in [2.05, 4.69) is 6.92 Å². The van der Waals surface area contributed by atoms with E-state index in [1.54, 1.807) is 35.9 Å². The number of hydrogen-bond donors (Lipinski definition) is 0. The molecule has 2 aliphatic heterocycles. The van der Waals surface area contributed by atoms with Gasteiger partial charge in [-0.1, -0.05) is 49.7 Å². The summed E-state index contributed by atoms with van der Waals surface area (Å²) in [5.41, 5.74) is 4.07. The summed E-state index contributed by atoms with van der Waals surface area (Å²) in [5.74, 6) is 0.727. The van der Waals surface area contributed by atoms with Gasteiger partial charge in [-0.2, -0.15) is 10.4 Å². The quantitative estimate of drug-likeness (QED) is 0.130. The Bertz CT molecular complexity index is 1850. The maximum Gasteiger partial charge on any atom is 0.271 e. The summed E-state index contributed by atoms with van der Waals surface area (Å²) < 4.78 is 18.6. The highest BCUT2D eigenvalue weighted by molar-refractivity contribution is 6.19. The van der Waals surface area contributed by atoms with Crippen molar-refractivity contribution in [2.75, 3.05) is 13.4 Å². The second-order valence-corrected chi connectivity index (χ2v) is 10.5. The van der Waals surface area contributed by atoms with E-state index < -0.39 is 11.8 Å². The standard InChI is InChI=1S/C35H30N4O5/c1-3-4-15-42-28-12-8-9-25(17-28)33-26(21-39(37-33)27-10-6-5-7-11-27)18-29-23(2)30(19-36)35(41)38(34(29)40)20-24-13-14-31-32(16-24)44-22-43-31/h5-14,16-18,21H,3-4,15,20,22H2,1-2H3/b29-18+. The molecule has 3 heterocycles. The van der Waals surface area contributed by atoms with Crippen LogP contribution in [-0.4, -0.2) is 39.9 Å². The lowest BCUT2D eigenvalue weighted by atomic mass is 9.93. The maximum atomic E-state index is 14.0. The Morgan fingerprint density at radius 1 is 1.00 bits per heavy atom. The summed E-state index contributed by atoms with van der Waals surface area (Å²) in [7, 11) is 0. The third kappa shape index (κ3) is 5.57. The van der Waals surface area contributed by atoms with Crippen LogP contribution in [0.25, 0.3) is 23.0 Å². The molecule has 4 aromatic rings. The molecule has 3 aromatic carbocycles. The highest BCUT2D eigenvalue weighted by atomic mass is 16.7. The lowest BCUT2D eigenvalue weighted by Crippen LogP contribution is -2.42. The fraction of sp³-hybridized carbons (Fsp3) is 0.200. The minimum atomic E-state index is -0.637. The van der Waals surface area contributed by atoms with Crippen LogP contribution in [0.5, 0.6) is 17.2 Å². The van der Waals surface area contributed by atoms with Crippen LogP contribution in [0.15, 0.2) is 95.7 Å². The summed E-state index contributed by atoms with van der Waals surface area (Å²) in [5, 5.41) is 14.9.